The molecule has 3 N–H and O–H groups in total. The summed E-state index contributed by atoms with van der Waals surface area (Å²) in [5, 5.41) is 8.97. The van der Waals surface area contributed by atoms with E-state index in [1.165, 1.54) is 6.21 Å². The van der Waals surface area contributed by atoms with E-state index in [0.717, 1.165) is 16.8 Å². The lowest BCUT2D eigenvalue weighted by molar-refractivity contribution is 0.0955. The summed E-state index contributed by atoms with van der Waals surface area (Å²) in [6.45, 7) is 5.86. The molecule has 0 unspecified atom stereocenters. The second-order valence-corrected chi connectivity index (χ2v) is 6.67. The van der Waals surface area contributed by atoms with Crippen molar-refractivity contribution in [2.24, 2.45) is 5.10 Å². The van der Waals surface area contributed by atoms with Crippen LogP contribution in [0.2, 0.25) is 5.15 Å². The lowest BCUT2D eigenvalue weighted by atomic mass is 10.1. The number of nitrogens with one attached hydrogen (secondary N) is 1. The van der Waals surface area contributed by atoms with Gasteiger partial charge in [-0.25, -0.2) is 10.1 Å². The lowest BCUT2D eigenvalue weighted by Gasteiger charge is -2.08. The third-order valence-corrected chi connectivity index (χ3v) is 4.54. The first-order valence-corrected chi connectivity index (χ1v) is 8.76. The summed E-state index contributed by atoms with van der Waals surface area (Å²) in [6, 6.07) is 12.7. The molecule has 27 heavy (non-hydrogen) atoms. The van der Waals surface area contributed by atoms with Crippen molar-refractivity contribution in [2.45, 2.75) is 20.8 Å². The van der Waals surface area contributed by atoms with Crippen molar-refractivity contribution >= 4 is 29.4 Å². The number of hydrogen-bond acceptors (Lipinski definition) is 4. The van der Waals surface area contributed by atoms with Crippen LogP contribution in [-0.4, -0.2) is 21.9 Å². The Balaban J connectivity index is 1.82. The van der Waals surface area contributed by atoms with Gasteiger partial charge in [-0.1, -0.05) is 23.7 Å². The van der Waals surface area contributed by atoms with Gasteiger partial charge < -0.3 is 5.73 Å². The highest BCUT2D eigenvalue weighted by Crippen LogP contribution is 2.24. The van der Waals surface area contributed by atoms with Gasteiger partial charge in [0.1, 0.15) is 5.15 Å². The second kappa shape index (κ2) is 7.63. The van der Waals surface area contributed by atoms with E-state index < -0.39 is 0 Å². The quantitative estimate of drug-likeness (QED) is 0.409. The van der Waals surface area contributed by atoms with Crippen molar-refractivity contribution in [2.75, 3.05) is 5.73 Å². The smallest absolute Gasteiger partial charge is 0.271 e. The number of anilines is 1. The van der Waals surface area contributed by atoms with E-state index in [-0.39, 0.29) is 5.91 Å². The highest BCUT2D eigenvalue weighted by Gasteiger charge is 2.15. The van der Waals surface area contributed by atoms with Gasteiger partial charge in [0, 0.05) is 11.3 Å². The van der Waals surface area contributed by atoms with Crippen molar-refractivity contribution < 1.29 is 4.79 Å². The number of aryl methyl sites for hydroxylation is 3. The number of aromatic nitrogens is 2. The maximum absolute atomic E-state index is 12.1. The Hall–Kier alpha value is -3.12. The molecule has 0 saturated carbocycles. The molecular weight excluding hydrogens is 362 g/mol. The van der Waals surface area contributed by atoms with Crippen molar-refractivity contribution in [3.05, 3.63) is 75.6 Å². The minimum absolute atomic E-state index is 0.332. The van der Waals surface area contributed by atoms with Crippen LogP contribution in [0.1, 0.15) is 32.7 Å². The molecule has 0 radical (unpaired) electrons. The molecule has 2 aromatic carbocycles. The average molecular weight is 382 g/mol. The minimum atomic E-state index is -0.332. The molecule has 0 aliphatic carbocycles. The van der Waals surface area contributed by atoms with Gasteiger partial charge >= 0.3 is 0 Å². The molecule has 3 aromatic rings. The molecule has 0 fully saturated rings. The summed E-state index contributed by atoms with van der Waals surface area (Å²) in [5.74, 6) is -0.332. The molecule has 3 rings (SSSR count). The molecule has 0 spiro atoms. The monoisotopic (exact) mass is 381 g/mol. The summed E-state index contributed by atoms with van der Waals surface area (Å²) >= 11 is 6.52. The van der Waals surface area contributed by atoms with Gasteiger partial charge in [0.05, 0.1) is 23.2 Å². The van der Waals surface area contributed by atoms with Gasteiger partial charge in [-0.15, -0.1) is 0 Å². The Kier molecular flexibility index (Phi) is 5.28. The van der Waals surface area contributed by atoms with Gasteiger partial charge in [-0.2, -0.15) is 10.2 Å². The molecule has 138 valence electrons. The minimum Gasteiger partial charge on any atom is -0.399 e. The number of carbonyl (C=O) groups is 1. The number of halogens is 1. The third-order valence-electron chi connectivity index (χ3n) is 4.17. The van der Waals surface area contributed by atoms with Gasteiger partial charge in [-0.3, -0.25) is 4.79 Å². The topological polar surface area (TPSA) is 85.3 Å². The summed E-state index contributed by atoms with van der Waals surface area (Å²) < 4.78 is 1.68. The fourth-order valence-electron chi connectivity index (χ4n) is 2.62. The van der Waals surface area contributed by atoms with E-state index in [4.69, 9.17) is 17.3 Å². The van der Waals surface area contributed by atoms with Crippen LogP contribution >= 0.6 is 11.6 Å². The zero-order valence-corrected chi connectivity index (χ0v) is 16.1. The molecule has 1 heterocycles. The number of nitrogens with zero attached hydrogens (tertiary/aromatic N) is 3. The van der Waals surface area contributed by atoms with E-state index in [1.54, 1.807) is 28.9 Å². The molecule has 0 aliphatic heterocycles. The van der Waals surface area contributed by atoms with Crippen LogP contribution in [0.3, 0.4) is 0 Å². The van der Waals surface area contributed by atoms with Crippen LogP contribution in [-0.2, 0) is 0 Å². The maximum atomic E-state index is 12.1. The molecule has 6 nitrogen and oxygen atoms in total. The second-order valence-electron chi connectivity index (χ2n) is 6.31. The Morgan fingerprint density at radius 2 is 1.89 bits per heavy atom. The Morgan fingerprint density at radius 1 is 1.19 bits per heavy atom. The van der Waals surface area contributed by atoms with Crippen LogP contribution < -0.4 is 11.2 Å². The summed E-state index contributed by atoms with van der Waals surface area (Å²) in [4.78, 5) is 12.1. The van der Waals surface area contributed by atoms with E-state index >= 15 is 0 Å². The fraction of sp³-hybridized carbons (Fsp3) is 0.150. The third kappa shape index (κ3) is 4.01. The average Bonchev–Trinajstić information content (AvgIpc) is 2.92. The zero-order chi connectivity index (χ0) is 19.6. The van der Waals surface area contributed by atoms with Crippen LogP contribution in [0, 0.1) is 20.8 Å². The summed E-state index contributed by atoms with van der Waals surface area (Å²) in [5.41, 5.74) is 13.6. The summed E-state index contributed by atoms with van der Waals surface area (Å²) in [6.07, 6.45) is 1.50. The van der Waals surface area contributed by atoms with Crippen LogP contribution in [0.25, 0.3) is 5.69 Å². The molecule has 7 heteroatoms. The first kappa shape index (κ1) is 18.7. The lowest BCUT2D eigenvalue weighted by Crippen LogP contribution is -2.17. The Bertz CT molecular complexity index is 1020. The van der Waals surface area contributed by atoms with Crippen LogP contribution in [0.5, 0.6) is 0 Å². The molecule has 0 aliphatic rings. The van der Waals surface area contributed by atoms with E-state index in [1.807, 2.05) is 39.0 Å². The van der Waals surface area contributed by atoms with Crippen molar-refractivity contribution in [1.82, 2.24) is 15.2 Å². The number of carbonyl (C=O) groups excluding carboxylic acids is 1. The van der Waals surface area contributed by atoms with Gasteiger partial charge in [0.15, 0.2) is 0 Å². The molecular formula is C20H20ClN5O. The molecule has 0 saturated heterocycles. The summed E-state index contributed by atoms with van der Waals surface area (Å²) in [7, 11) is 0. The predicted molar refractivity (Wildman–Crippen MR) is 109 cm³/mol. The predicted octanol–water partition coefficient (Wildman–Crippen LogP) is 3.80. The fourth-order valence-corrected chi connectivity index (χ4v) is 2.93. The molecule has 1 amide bonds. The Labute approximate surface area is 162 Å². The number of benzene rings is 2. The van der Waals surface area contributed by atoms with E-state index in [9.17, 15) is 4.79 Å². The first-order chi connectivity index (χ1) is 12.9. The van der Waals surface area contributed by atoms with E-state index in [2.05, 4.69) is 15.6 Å². The Morgan fingerprint density at radius 3 is 2.59 bits per heavy atom. The highest BCUT2D eigenvalue weighted by atomic mass is 35.5. The van der Waals surface area contributed by atoms with Gasteiger partial charge in [-0.05, 0) is 62.2 Å². The number of amides is 1. The van der Waals surface area contributed by atoms with Crippen LogP contribution in [0.15, 0.2) is 47.6 Å². The largest absolute Gasteiger partial charge is 0.399 e. The maximum Gasteiger partial charge on any atom is 0.271 e. The number of nitrogens with two attached hydrogens (primary N) is 1. The zero-order valence-electron chi connectivity index (χ0n) is 15.3. The van der Waals surface area contributed by atoms with Crippen molar-refractivity contribution in [3.63, 3.8) is 0 Å². The molecule has 0 atom stereocenters. The van der Waals surface area contributed by atoms with Crippen molar-refractivity contribution in [1.29, 1.82) is 0 Å². The normalized spacial score (nSPS) is 11.1. The SMILES string of the molecule is Cc1ccc(C)c(-n2nc(C)c(/C=N\NC(=O)c3ccc(N)cc3)c2Cl)c1. The highest BCUT2D eigenvalue weighted by molar-refractivity contribution is 6.32. The standard InChI is InChI=1S/C20H20ClN5O/c1-12-4-5-13(2)18(10-12)26-19(21)17(14(3)25-26)11-23-24-20(27)15-6-8-16(22)9-7-15/h4-11H,22H2,1-3H3,(H,24,27)/b23-11-. The van der Waals surface area contributed by atoms with Crippen LogP contribution in [0.4, 0.5) is 5.69 Å². The number of hydrogen-bond donors (Lipinski definition) is 2. The molecule has 0 bridgehead atoms. The molecule has 1 aromatic heterocycles. The van der Waals surface area contributed by atoms with Crippen molar-refractivity contribution in [3.8, 4) is 5.69 Å². The first-order valence-electron chi connectivity index (χ1n) is 8.38. The number of rotatable bonds is 4. The van der Waals surface area contributed by atoms with Gasteiger partial charge in [0.2, 0.25) is 0 Å². The number of hydrazone groups is 1. The van der Waals surface area contributed by atoms with E-state index in [0.29, 0.717) is 27.7 Å². The van der Waals surface area contributed by atoms with Gasteiger partial charge in [0.25, 0.3) is 5.91 Å². The number of nitrogen functional groups attached to an aromatic ring is 1.